The van der Waals surface area contributed by atoms with E-state index in [1.165, 1.54) is 0 Å². The Bertz CT molecular complexity index is 718. The van der Waals surface area contributed by atoms with Crippen LogP contribution in [0.25, 0.3) is 0 Å². The molecule has 1 atom stereocenters. The Hall–Kier alpha value is -1.87. The molecule has 29 heavy (non-hydrogen) atoms. The number of rotatable bonds is 6. The molecule has 0 bridgehead atoms. The van der Waals surface area contributed by atoms with Gasteiger partial charge in [-0.3, -0.25) is 19.4 Å². The zero-order valence-corrected chi connectivity index (χ0v) is 17.8. The highest BCUT2D eigenvalue weighted by molar-refractivity contribution is 6.32. The van der Waals surface area contributed by atoms with Gasteiger partial charge >= 0.3 is 0 Å². The lowest BCUT2D eigenvalue weighted by Gasteiger charge is -2.38. The van der Waals surface area contributed by atoms with Crippen molar-refractivity contribution < 1.29 is 19.1 Å². The number of anilines is 1. The van der Waals surface area contributed by atoms with E-state index in [1.54, 1.807) is 25.3 Å². The molecule has 0 aliphatic carbocycles. The average Bonchev–Trinajstić information content (AvgIpc) is 2.74. The van der Waals surface area contributed by atoms with Crippen molar-refractivity contribution in [2.75, 3.05) is 71.5 Å². The van der Waals surface area contributed by atoms with Crippen LogP contribution in [0.15, 0.2) is 18.2 Å². The minimum atomic E-state index is -0.299. The largest absolute Gasteiger partial charge is 0.495 e. The number of piperazine rings is 1. The minimum absolute atomic E-state index is 0.0978. The fourth-order valence-electron chi connectivity index (χ4n) is 3.57. The van der Waals surface area contributed by atoms with Gasteiger partial charge in [-0.25, -0.2) is 0 Å². The molecule has 2 aliphatic rings. The van der Waals surface area contributed by atoms with E-state index in [2.05, 4.69) is 15.1 Å². The molecule has 0 saturated carbocycles. The molecule has 2 saturated heterocycles. The van der Waals surface area contributed by atoms with Gasteiger partial charge in [0.2, 0.25) is 11.8 Å². The quantitative estimate of drug-likeness (QED) is 0.738. The number of nitrogens with one attached hydrogen (secondary N) is 1. The average molecular weight is 425 g/mol. The molecule has 2 amide bonds. The van der Waals surface area contributed by atoms with E-state index in [0.29, 0.717) is 62.4 Å². The number of methoxy groups -OCH3 is 1. The van der Waals surface area contributed by atoms with Crippen molar-refractivity contribution in [3.63, 3.8) is 0 Å². The molecule has 160 valence electrons. The second-order valence-corrected chi connectivity index (χ2v) is 7.73. The summed E-state index contributed by atoms with van der Waals surface area (Å²) in [6.07, 6.45) is 0. The van der Waals surface area contributed by atoms with Crippen molar-refractivity contribution in [3.05, 3.63) is 23.2 Å². The summed E-state index contributed by atoms with van der Waals surface area (Å²) >= 11 is 6.12. The predicted molar refractivity (Wildman–Crippen MR) is 112 cm³/mol. The first-order valence-electron chi connectivity index (χ1n) is 9.94. The van der Waals surface area contributed by atoms with Gasteiger partial charge < -0.3 is 19.7 Å². The van der Waals surface area contributed by atoms with E-state index in [4.69, 9.17) is 21.1 Å². The van der Waals surface area contributed by atoms with Crippen LogP contribution in [0.4, 0.5) is 5.69 Å². The molecule has 8 nitrogen and oxygen atoms in total. The van der Waals surface area contributed by atoms with Gasteiger partial charge in [0.1, 0.15) is 5.75 Å². The summed E-state index contributed by atoms with van der Waals surface area (Å²) in [6, 6.07) is 4.86. The summed E-state index contributed by atoms with van der Waals surface area (Å²) in [5, 5.41) is 3.35. The molecule has 1 aromatic rings. The highest BCUT2D eigenvalue weighted by Crippen LogP contribution is 2.27. The van der Waals surface area contributed by atoms with E-state index in [-0.39, 0.29) is 17.9 Å². The fourth-order valence-corrected chi connectivity index (χ4v) is 3.82. The van der Waals surface area contributed by atoms with E-state index in [1.807, 2.05) is 11.8 Å². The van der Waals surface area contributed by atoms with Crippen LogP contribution in [0.1, 0.15) is 6.92 Å². The Labute approximate surface area is 176 Å². The van der Waals surface area contributed by atoms with Gasteiger partial charge in [0.25, 0.3) is 0 Å². The SMILES string of the molecule is COc1ccc(NC(=O)C(C)N2CCN(C(=O)CN3CCOCC3)CC2)cc1Cl. The third-order valence-electron chi connectivity index (χ3n) is 5.48. The number of carbonyl (C=O) groups excluding carboxylic acids is 2. The second-order valence-electron chi connectivity index (χ2n) is 7.32. The lowest BCUT2D eigenvalue weighted by molar-refractivity contribution is -0.135. The van der Waals surface area contributed by atoms with Gasteiger partial charge in [-0.2, -0.15) is 0 Å². The lowest BCUT2D eigenvalue weighted by Crippen LogP contribution is -2.55. The molecule has 2 fully saturated rings. The third kappa shape index (κ3) is 5.82. The first-order chi connectivity index (χ1) is 14.0. The molecule has 1 aromatic carbocycles. The number of morpholine rings is 1. The molecule has 2 heterocycles. The molecule has 2 aliphatic heterocycles. The number of nitrogens with zero attached hydrogens (tertiary/aromatic N) is 3. The van der Waals surface area contributed by atoms with Crippen LogP contribution in [-0.4, -0.2) is 98.7 Å². The Kier molecular flexibility index (Phi) is 7.71. The fraction of sp³-hybridized carbons (Fsp3) is 0.600. The topological polar surface area (TPSA) is 74.4 Å². The van der Waals surface area contributed by atoms with Crippen molar-refractivity contribution >= 4 is 29.1 Å². The number of halogens is 1. The molecular weight excluding hydrogens is 396 g/mol. The van der Waals surface area contributed by atoms with E-state index >= 15 is 0 Å². The van der Waals surface area contributed by atoms with Crippen LogP contribution >= 0.6 is 11.6 Å². The number of benzene rings is 1. The maximum Gasteiger partial charge on any atom is 0.241 e. The first kappa shape index (κ1) is 21.8. The molecule has 1 N–H and O–H groups in total. The van der Waals surface area contributed by atoms with Gasteiger partial charge in [-0.15, -0.1) is 0 Å². The number of carbonyl (C=O) groups is 2. The van der Waals surface area contributed by atoms with Crippen LogP contribution < -0.4 is 10.1 Å². The Morgan fingerprint density at radius 2 is 1.86 bits per heavy atom. The molecule has 1 unspecified atom stereocenters. The Morgan fingerprint density at radius 3 is 2.48 bits per heavy atom. The van der Waals surface area contributed by atoms with Gasteiger partial charge in [-0.1, -0.05) is 11.6 Å². The van der Waals surface area contributed by atoms with Gasteiger partial charge in [-0.05, 0) is 25.1 Å². The summed E-state index contributed by atoms with van der Waals surface area (Å²) in [7, 11) is 1.55. The van der Waals surface area contributed by atoms with Crippen LogP contribution in [0.5, 0.6) is 5.75 Å². The first-order valence-corrected chi connectivity index (χ1v) is 10.3. The number of amides is 2. The highest BCUT2D eigenvalue weighted by atomic mass is 35.5. The normalized spacial score (nSPS) is 19.6. The molecule has 0 spiro atoms. The smallest absolute Gasteiger partial charge is 0.241 e. The Morgan fingerprint density at radius 1 is 1.17 bits per heavy atom. The summed E-state index contributed by atoms with van der Waals surface area (Å²) in [5.41, 5.74) is 0.631. The number of hydrogen-bond acceptors (Lipinski definition) is 6. The zero-order valence-electron chi connectivity index (χ0n) is 17.0. The van der Waals surface area contributed by atoms with Crippen molar-refractivity contribution in [1.82, 2.24) is 14.7 Å². The molecule has 3 rings (SSSR count). The van der Waals surface area contributed by atoms with Crippen molar-refractivity contribution in [1.29, 1.82) is 0 Å². The lowest BCUT2D eigenvalue weighted by atomic mass is 10.2. The maximum atomic E-state index is 12.6. The highest BCUT2D eigenvalue weighted by Gasteiger charge is 2.28. The predicted octanol–water partition coefficient (Wildman–Crippen LogP) is 1.15. The van der Waals surface area contributed by atoms with Crippen LogP contribution in [0.3, 0.4) is 0 Å². The van der Waals surface area contributed by atoms with Gasteiger partial charge in [0.05, 0.1) is 37.9 Å². The monoisotopic (exact) mass is 424 g/mol. The number of hydrogen-bond donors (Lipinski definition) is 1. The van der Waals surface area contributed by atoms with E-state index < -0.39 is 0 Å². The van der Waals surface area contributed by atoms with Crippen LogP contribution in [0, 0.1) is 0 Å². The van der Waals surface area contributed by atoms with Crippen LogP contribution in [0.2, 0.25) is 5.02 Å². The summed E-state index contributed by atoms with van der Waals surface area (Å²) in [5.74, 6) is 0.617. The summed E-state index contributed by atoms with van der Waals surface area (Å²) < 4.78 is 10.5. The zero-order chi connectivity index (χ0) is 20.8. The maximum absolute atomic E-state index is 12.6. The molecule has 9 heteroatoms. The molecular formula is C20H29ClN4O4. The van der Waals surface area contributed by atoms with E-state index in [9.17, 15) is 9.59 Å². The Balaban J connectivity index is 1.46. The van der Waals surface area contributed by atoms with Gasteiger partial charge in [0.15, 0.2) is 0 Å². The third-order valence-corrected chi connectivity index (χ3v) is 5.77. The molecule has 0 aromatic heterocycles. The minimum Gasteiger partial charge on any atom is -0.495 e. The van der Waals surface area contributed by atoms with Gasteiger partial charge in [0, 0.05) is 45.0 Å². The van der Waals surface area contributed by atoms with Crippen molar-refractivity contribution in [2.24, 2.45) is 0 Å². The summed E-state index contributed by atoms with van der Waals surface area (Å²) in [6.45, 7) is 7.92. The van der Waals surface area contributed by atoms with Crippen molar-refractivity contribution in [2.45, 2.75) is 13.0 Å². The summed E-state index contributed by atoms with van der Waals surface area (Å²) in [4.78, 5) is 31.3. The standard InChI is InChI=1S/C20H29ClN4O4/c1-15(20(27)22-16-3-4-18(28-2)17(21)13-16)24-5-7-25(8-6-24)19(26)14-23-9-11-29-12-10-23/h3-4,13,15H,5-12,14H2,1-2H3,(H,22,27). The number of ether oxygens (including phenoxy) is 2. The molecule has 0 radical (unpaired) electrons. The van der Waals surface area contributed by atoms with Crippen molar-refractivity contribution in [3.8, 4) is 5.75 Å². The second kappa shape index (κ2) is 10.2. The van der Waals surface area contributed by atoms with Crippen LogP contribution in [-0.2, 0) is 14.3 Å². The van der Waals surface area contributed by atoms with E-state index in [0.717, 1.165) is 13.1 Å².